The number of benzene rings is 1. The molecule has 1 aromatic heterocycles. The topological polar surface area (TPSA) is 26.0 Å². The van der Waals surface area contributed by atoms with Crippen LogP contribution in [0.2, 0.25) is 0 Å². The Labute approximate surface area is 75.8 Å². The third-order valence-electron chi connectivity index (χ3n) is 2.03. The molecule has 12 heavy (non-hydrogen) atoms. The predicted octanol–water partition coefficient (Wildman–Crippen LogP) is 3.05. The lowest BCUT2D eigenvalue weighted by atomic mass is 10.1. The molecule has 0 aliphatic carbocycles. The van der Waals surface area contributed by atoms with Crippen molar-refractivity contribution in [2.45, 2.75) is 13.3 Å². The van der Waals surface area contributed by atoms with Crippen LogP contribution in [0.3, 0.4) is 0 Å². The van der Waals surface area contributed by atoms with Crippen LogP contribution >= 0.6 is 11.3 Å². The van der Waals surface area contributed by atoms with Gasteiger partial charge in [0.05, 0.1) is 0 Å². The van der Waals surface area contributed by atoms with E-state index in [0.717, 1.165) is 12.1 Å². The fraction of sp³-hybridized carbons (Fsp3) is 0.200. The van der Waals surface area contributed by atoms with E-state index in [1.165, 1.54) is 15.6 Å². The molecule has 2 aromatic rings. The lowest BCUT2D eigenvalue weighted by Gasteiger charge is -2.00. The summed E-state index contributed by atoms with van der Waals surface area (Å²) in [7, 11) is 0. The molecule has 0 saturated carbocycles. The minimum Gasteiger partial charge on any atom is -0.399 e. The zero-order chi connectivity index (χ0) is 8.55. The number of aryl methyl sites for hydroxylation is 1. The van der Waals surface area contributed by atoms with Gasteiger partial charge < -0.3 is 5.73 Å². The molecule has 2 rings (SSSR count). The van der Waals surface area contributed by atoms with Crippen LogP contribution in [-0.4, -0.2) is 0 Å². The Balaban J connectivity index is 2.80. The Kier molecular flexibility index (Phi) is 1.77. The molecule has 0 aliphatic rings. The van der Waals surface area contributed by atoms with Crippen molar-refractivity contribution in [3.8, 4) is 0 Å². The summed E-state index contributed by atoms with van der Waals surface area (Å²) in [5.41, 5.74) is 8.00. The van der Waals surface area contributed by atoms with Crippen LogP contribution in [0.4, 0.5) is 5.69 Å². The number of fused-ring (bicyclic) bond motifs is 1. The van der Waals surface area contributed by atoms with Crippen molar-refractivity contribution < 1.29 is 0 Å². The summed E-state index contributed by atoms with van der Waals surface area (Å²) in [4.78, 5) is 0. The number of nitrogen functional groups attached to an aromatic ring is 1. The van der Waals surface area contributed by atoms with Crippen molar-refractivity contribution in [3.63, 3.8) is 0 Å². The van der Waals surface area contributed by atoms with Gasteiger partial charge in [0.1, 0.15) is 0 Å². The van der Waals surface area contributed by atoms with Gasteiger partial charge in [0.2, 0.25) is 0 Å². The van der Waals surface area contributed by atoms with Gasteiger partial charge in [0.25, 0.3) is 0 Å². The summed E-state index contributed by atoms with van der Waals surface area (Å²) in [5.74, 6) is 0. The van der Waals surface area contributed by atoms with E-state index in [-0.39, 0.29) is 0 Å². The molecule has 1 aromatic carbocycles. The van der Waals surface area contributed by atoms with Gasteiger partial charge in [-0.1, -0.05) is 6.92 Å². The molecule has 1 nitrogen and oxygen atoms in total. The number of hydrogen-bond donors (Lipinski definition) is 1. The van der Waals surface area contributed by atoms with E-state index in [1.807, 2.05) is 6.07 Å². The molecule has 2 N–H and O–H groups in total. The van der Waals surface area contributed by atoms with Crippen LogP contribution in [0.1, 0.15) is 12.5 Å². The monoisotopic (exact) mass is 177 g/mol. The van der Waals surface area contributed by atoms with Crippen LogP contribution < -0.4 is 5.73 Å². The SMILES string of the molecule is CCc1cc(N)cc2ccsc12. The predicted molar refractivity (Wildman–Crippen MR) is 55.6 cm³/mol. The highest BCUT2D eigenvalue weighted by molar-refractivity contribution is 7.17. The maximum atomic E-state index is 5.76. The molecule has 0 spiro atoms. The highest BCUT2D eigenvalue weighted by Crippen LogP contribution is 2.27. The number of hydrogen-bond acceptors (Lipinski definition) is 2. The maximum Gasteiger partial charge on any atom is 0.0376 e. The van der Waals surface area contributed by atoms with Crippen molar-refractivity contribution in [3.05, 3.63) is 29.1 Å². The summed E-state index contributed by atoms with van der Waals surface area (Å²) in [6, 6.07) is 6.22. The zero-order valence-corrected chi connectivity index (χ0v) is 7.82. The molecule has 0 atom stereocenters. The first-order valence-corrected chi connectivity index (χ1v) is 4.95. The van der Waals surface area contributed by atoms with Crippen LogP contribution in [0.25, 0.3) is 10.1 Å². The Morgan fingerprint density at radius 3 is 3.00 bits per heavy atom. The summed E-state index contributed by atoms with van der Waals surface area (Å²) in [6.07, 6.45) is 1.06. The van der Waals surface area contributed by atoms with Gasteiger partial charge in [0, 0.05) is 10.4 Å². The molecule has 0 radical (unpaired) electrons. The van der Waals surface area contributed by atoms with Gasteiger partial charge >= 0.3 is 0 Å². The second-order valence-corrected chi connectivity index (χ2v) is 3.79. The fourth-order valence-corrected chi connectivity index (χ4v) is 2.41. The van der Waals surface area contributed by atoms with Crippen molar-refractivity contribution in [1.29, 1.82) is 0 Å². The number of thiophene rings is 1. The lowest BCUT2D eigenvalue weighted by molar-refractivity contribution is 1.17. The van der Waals surface area contributed by atoms with E-state index in [1.54, 1.807) is 11.3 Å². The smallest absolute Gasteiger partial charge is 0.0376 e. The minimum atomic E-state index is 0.873. The highest BCUT2D eigenvalue weighted by Gasteiger charge is 2.01. The lowest BCUT2D eigenvalue weighted by Crippen LogP contribution is -1.87. The number of nitrogens with two attached hydrogens (primary N) is 1. The summed E-state index contributed by atoms with van der Waals surface area (Å²) < 4.78 is 1.38. The summed E-state index contributed by atoms with van der Waals surface area (Å²) in [5, 5.41) is 3.39. The van der Waals surface area contributed by atoms with Gasteiger partial charge in [0.15, 0.2) is 0 Å². The first-order valence-electron chi connectivity index (χ1n) is 4.07. The molecule has 0 bridgehead atoms. The van der Waals surface area contributed by atoms with Crippen LogP contribution in [0.5, 0.6) is 0 Å². The van der Waals surface area contributed by atoms with E-state index in [4.69, 9.17) is 5.73 Å². The summed E-state index contributed by atoms with van der Waals surface area (Å²) in [6.45, 7) is 2.16. The van der Waals surface area contributed by atoms with Gasteiger partial charge in [-0.25, -0.2) is 0 Å². The first-order chi connectivity index (χ1) is 5.81. The van der Waals surface area contributed by atoms with Crippen molar-refractivity contribution in [2.75, 3.05) is 5.73 Å². The number of rotatable bonds is 1. The third-order valence-corrected chi connectivity index (χ3v) is 3.04. The number of anilines is 1. The molecule has 2 heteroatoms. The van der Waals surface area contributed by atoms with E-state index in [9.17, 15) is 0 Å². The molecular weight excluding hydrogens is 166 g/mol. The third kappa shape index (κ3) is 1.08. The fourth-order valence-electron chi connectivity index (χ4n) is 1.44. The Hall–Kier alpha value is -1.02. The van der Waals surface area contributed by atoms with Crippen LogP contribution in [0.15, 0.2) is 23.6 Å². The van der Waals surface area contributed by atoms with E-state index >= 15 is 0 Å². The first kappa shape index (κ1) is 7.62. The Morgan fingerprint density at radius 2 is 2.25 bits per heavy atom. The molecule has 0 unspecified atom stereocenters. The van der Waals surface area contributed by atoms with E-state index in [2.05, 4.69) is 24.4 Å². The summed E-state index contributed by atoms with van der Waals surface area (Å²) >= 11 is 1.79. The molecule has 0 amide bonds. The van der Waals surface area contributed by atoms with Crippen molar-refractivity contribution in [1.82, 2.24) is 0 Å². The standard InChI is InChI=1S/C10H11NS/c1-2-7-5-9(11)6-8-3-4-12-10(7)8/h3-6H,2,11H2,1H3. The normalized spacial score (nSPS) is 10.8. The maximum absolute atomic E-state index is 5.76. The molecule has 0 aliphatic heterocycles. The molecule has 0 saturated heterocycles. The second kappa shape index (κ2) is 2.79. The van der Waals surface area contributed by atoms with E-state index in [0.29, 0.717) is 0 Å². The largest absolute Gasteiger partial charge is 0.399 e. The molecule has 1 heterocycles. The Morgan fingerprint density at radius 1 is 1.42 bits per heavy atom. The molecule has 62 valence electrons. The van der Waals surface area contributed by atoms with Crippen molar-refractivity contribution in [2.24, 2.45) is 0 Å². The van der Waals surface area contributed by atoms with Crippen LogP contribution in [-0.2, 0) is 6.42 Å². The molecular formula is C10H11NS. The van der Waals surface area contributed by atoms with Crippen LogP contribution in [0, 0.1) is 0 Å². The van der Waals surface area contributed by atoms with Crippen molar-refractivity contribution >= 4 is 27.1 Å². The van der Waals surface area contributed by atoms with Gasteiger partial charge in [-0.3, -0.25) is 0 Å². The average molecular weight is 177 g/mol. The quantitative estimate of drug-likeness (QED) is 0.666. The minimum absolute atomic E-state index is 0.873. The van der Waals surface area contributed by atoms with Gasteiger partial charge in [-0.05, 0) is 40.9 Å². The Bertz CT molecular complexity index is 403. The second-order valence-electron chi connectivity index (χ2n) is 2.87. The highest BCUT2D eigenvalue weighted by atomic mass is 32.1. The van der Waals surface area contributed by atoms with Gasteiger partial charge in [-0.15, -0.1) is 11.3 Å². The average Bonchev–Trinajstić information content (AvgIpc) is 2.50. The molecule has 0 fully saturated rings. The zero-order valence-electron chi connectivity index (χ0n) is 7.00. The van der Waals surface area contributed by atoms with Gasteiger partial charge in [-0.2, -0.15) is 0 Å². The van der Waals surface area contributed by atoms with E-state index < -0.39 is 0 Å².